The van der Waals surface area contributed by atoms with Gasteiger partial charge in [0.2, 0.25) is 0 Å². The first-order chi connectivity index (χ1) is 9.63. The topological polar surface area (TPSA) is 152 Å². The first-order valence-corrected chi connectivity index (χ1v) is 5.93. The van der Waals surface area contributed by atoms with Crippen molar-refractivity contribution < 1.29 is 20.1 Å². The number of rotatable bonds is 3. The summed E-state index contributed by atoms with van der Waals surface area (Å²) >= 11 is 0. The van der Waals surface area contributed by atoms with Gasteiger partial charge in [0.1, 0.15) is 24.6 Å². The quantitative estimate of drug-likeness (QED) is 0.310. The van der Waals surface area contributed by atoms with Crippen LogP contribution in [0.15, 0.2) is 12.7 Å². The van der Waals surface area contributed by atoms with Gasteiger partial charge in [0, 0.05) is 0 Å². The molecule has 0 saturated carbocycles. The van der Waals surface area contributed by atoms with Crippen molar-refractivity contribution in [3.05, 3.63) is 12.7 Å². The Labute approximate surface area is 112 Å². The molecule has 6 N–H and O–H groups in total. The number of nitrogen functional groups attached to an aromatic ring is 1. The fraction of sp³-hybridized carbons (Fsp3) is 0.500. The van der Waals surface area contributed by atoms with E-state index in [0.717, 1.165) is 0 Å². The average Bonchev–Trinajstić information content (AvgIpc) is 3.03. The third-order valence-electron chi connectivity index (χ3n) is 3.26. The number of aliphatic hydroxyl groups is 3. The van der Waals surface area contributed by atoms with Gasteiger partial charge in [0.05, 0.1) is 12.9 Å². The first-order valence-electron chi connectivity index (χ1n) is 5.93. The molecule has 0 amide bonds. The molecule has 3 heterocycles. The van der Waals surface area contributed by atoms with Gasteiger partial charge >= 0.3 is 0 Å². The number of hydrogen-bond acceptors (Lipinski definition) is 9. The van der Waals surface area contributed by atoms with E-state index in [1.165, 1.54) is 17.2 Å². The molecule has 1 fully saturated rings. The molecule has 1 saturated heterocycles. The fourth-order valence-corrected chi connectivity index (χ4v) is 2.20. The zero-order valence-electron chi connectivity index (χ0n) is 10.3. The third kappa shape index (κ3) is 1.90. The lowest BCUT2D eigenvalue weighted by Crippen LogP contribution is -2.36. The molecule has 2 aromatic rings. The first kappa shape index (κ1) is 13.1. The van der Waals surface area contributed by atoms with E-state index in [-0.39, 0.29) is 6.61 Å². The van der Waals surface area contributed by atoms with Crippen molar-refractivity contribution in [1.29, 1.82) is 0 Å². The Balaban J connectivity index is 1.98. The Hall–Kier alpha value is -1.85. The summed E-state index contributed by atoms with van der Waals surface area (Å²) in [4.78, 5) is 12.0. The van der Waals surface area contributed by atoms with Gasteiger partial charge in [-0.1, -0.05) is 0 Å². The number of hydrazine groups is 1. The molecule has 1 aliphatic rings. The van der Waals surface area contributed by atoms with Gasteiger partial charge in [-0.15, -0.1) is 0 Å². The van der Waals surface area contributed by atoms with Crippen LogP contribution in [0, 0.1) is 0 Å². The third-order valence-corrected chi connectivity index (χ3v) is 3.26. The summed E-state index contributed by atoms with van der Waals surface area (Å²) in [5, 5.41) is 29.5. The van der Waals surface area contributed by atoms with Crippen molar-refractivity contribution in [2.24, 2.45) is 5.84 Å². The second kappa shape index (κ2) is 4.92. The maximum atomic E-state index is 10.3. The summed E-state index contributed by atoms with van der Waals surface area (Å²) in [5.41, 5.74) is 3.09. The van der Waals surface area contributed by atoms with Crippen molar-refractivity contribution in [3.63, 3.8) is 0 Å². The average molecular weight is 282 g/mol. The predicted molar refractivity (Wildman–Crippen MR) is 66.1 cm³/mol. The zero-order chi connectivity index (χ0) is 14.3. The van der Waals surface area contributed by atoms with E-state index >= 15 is 0 Å². The molecule has 3 rings (SSSR count). The minimum Gasteiger partial charge on any atom is -0.388 e. The number of aromatic nitrogens is 4. The molecule has 0 bridgehead atoms. The molecule has 108 valence electrons. The molecule has 0 radical (unpaired) electrons. The number of anilines is 1. The molecule has 10 heteroatoms. The van der Waals surface area contributed by atoms with Crippen LogP contribution in [-0.2, 0) is 4.74 Å². The minimum atomic E-state index is -1.24. The Morgan fingerprint density at radius 1 is 1.40 bits per heavy atom. The van der Waals surface area contributed by atoms with E-state index in [0.29, 0.717) is 17.0 Å². The van der Waals surface area contributed by atoms with E-state index < -0.39 is 24.5 Å². The standard InChI is InChI=1S/C10H14N6O4/c11-15-8-5-9(13-2-12-8)16(3-14-5)10(19)7-6(18)4(17)1-20-7/h2-4,6-7,10,17-19H,1,11H2,(H,12,13,15). The number of nitrogens with one attached hydrogen (secondary N) is 1. The van der Waals surface area contributed by atoms with Crippen LogP contribution in [0.3, 0.4) is 0 Å². The van der Waals surface area contributed by atoms with Crippen LogP contribution in [0.4, 0.5) is 5.82 Å². The van der Waals surface area contributed by atoms with Gasteiger partial charge in [-0.05, 0) is 0 Å². The number of imidazole rings is 1. The number of aliphatic hydroxyl groups excluding tert-OH is 3. The van der Waals surface area contributed by atoms with Gasteiger partial charge in [0.15, 0.2) is 23.2 Å². The van der Waals surface area contributed by atoms with Gasteiger partial charge in [-0.2, -0.15) is 0 Å². The summed E-state index contributed by atoms with van der Waals surface area (Å²) in [6.07, 6.45) is -1.81. The molecule has 1 aliphatic heterocycles. The lowest BCUT2D eigenvalue weighted by atomic mass is 10.1. The predicted octanol–water partition coefficient (Wildman–Crippen LogP) is -2.28. The molecular formula is C10H14N6O4. The maximum Gasteiger partial charge on any atom is 0.171 e. The smallest absolute Gasteiger partial charge is 0.171 e. The van der Waals surface area contributed by atoms with Crippen LogP contribution in [0.5, 0.6) is 0 Å². The molecule has 2 aromatic heterocycles. The molecule has 0 aromatic carbocycles. The number of fused-ring (bicyclic) bond motifs is 1. The highest BCUT2D eigenvalue weighted by Crippen LogP contribution is 2.26. The van der Waals surface area contributed by atoms with Crippen LogP contribution in [0.2, 0.25) is 0 Å². The number of nitrogens with zero attached hydrogens (tertiary/aromatic N) is 4. The second-order valence-electron chi connectivity index (χ2n) is 4.46. The fourth-order valence-electron chi connectivity index (χ4n) is 2.20. The summed E-state index contributed by atoms with van der Waals surface area (Å²) in [5.74, 6) is 5.63. The lowest BCUT2D eigenvalue weighted by Gasteiger charge is -2.22. The van der Waals surface area contributed by atoms with E-state index in [1.807, 2.05) is 0 Å². The van der Waals surface area contributed by atoms with Crippen molar-refractivity contribution in [2.75, 3.05) is 12.0 Å². The monoisotopic (exact) mass is 282 g/mol. The van der Waals surface area contributed by atoms with E-state index in [2.05, 4.69) is 20.4 Å². The van der Waals surface area contributed by atoms with Crippen LogP contribution in [-0.4, -0.2) is 59.8 Å². The van der Waals surface area contributed by atoms with Gasteiger partial charge in [-0.3, -0.25) is 4.57 Å². The molecule has 4 atom stereocenters. The maximum absolute atomic E-state index is 10.3. The van der Waals surface area contributed by atoms with E-state index in [9.17, 15) is 15.3 Å². The SMILES string of the molecule is NNc1ncnc2c1ncn2C(O)C1OCC(O)C1O. The molecular weight excluding hydrogens is 268 g/mol. The van der Waals surface area contributed by atoms with Crippen molar-refractivity contribution in [3.8, 4) is 0 Å². The van der Waals surface area contributed by atoms with E-state index in [4.69, 9.17) is 10.6 Å². The number of hydrogen-bond donors (Lipinski definition) is 5. The summed E-state index contributed by atoms with van der Waals surface area (Å²) in [6.45, 7) is -0.0416. The Bertz CT molecular complexity index is 619. The molecule has 0 aliphatic carbocycles. The van der Waals surface area contributed by atoms with Crippen LogP contribution >= 0.6 is 0 Å². The normalized spacial score (nSPS) is 27.9. The minimum absolute atomic E-state index is 0.0416. The lowest BCUT2D eigenvalue weighted by molar-refractivity contribution is -0.0816. The van der Waals surface area contributed by atoms with Crippen molar-refractivity contribution >= 4 is 17.0 Å². The number of ether oxygens (including phenoxy) is 1. The molecule has 0 spiro atoms. The largest absolute Gasteiger partial charge is 0.388 e. The van der Waals surface area contributed by atoms with Crippen molar-refractivity contribution in [1.82, 2.24) is 19.5 Å². The highest BCUT2D eigenvalue weighted by molar-refractivity contribution is 5.82. The van der Waals surface area contributed by atoms with Gasteiger partial charge < -0.3 is 25.5 Å². The summed E-state index contributed by atoms with van der Waals surface area (Å²) < 4.78 is 6.51. The Morgan fingerprint density at radius 3 is 2.85 bits per heavy atom. The zero-order valence-corrected chi connectivity index (χ0v) is 10.3. The Morgan fingerprint density at radius 2 is 2.20 bits per heavy atom. The molecule has 20 heavy (non-hydrogen) atoms. The van der Waals surface area contributed by atoms with Crippen LogP contribution < -0.4 is 11.3 Å². The van der Waals surface area contributed by atoms with Crippen molar-refractivity contribution in [2.45, 2.75) is 24.5 Å². The molecule has 10 nitrogen and oxygen atoms in total. The van der Waals surface area contributed by atoms with Gasteiger partial charge in [-0.25, -0.2) is 20.8 Å². The van der Waals surface area contributed by atoms with E-state index in [1.54, 1.807) is 0 Å². The Kier molecular flexibility index (Phi) is 3.23. The van der Waals surface area contributed by atoms with Gasteiger partial charge in [0.25, 0.3) is 0 Å². The summed E-state index contributed by atoms with van der Waals surface area (Å²) in [6, 6.07) is 0. The number of nitrogens with two attached hydrogens (primary N) is 1. The second-order valence-corrected chi connectivity index (χ2v) is 4.46. The highest BCUT2D eigenvalue weighted by Gasteiger charge is 2.40. The molecule has 4 unspecified atom stereocenters. The van der Waals surface area contributed by atoms with Crippen LogP contribution in [0.1, 0.15) is 6.23 Å². The van der Waals surface area contributed by atoms with Crippen LogP contribution in [0.25, 0.3) is 11.2 Å². The highest BCUT2D eigenvalue weighted by atomic mass is 16.5. The summed E-state index contributed by atoms with van der Waals surface area (Å²) in [7, 11) is 0.